The second-order valence-corrected chi connectivity index (χ2v) is 8.62. The quantitative estimate of drug-likeness (QED) is 0.814. The first-order valence-electron chi connectivity index (χ1n) is 9.32. The summed E-state index contributed by atoms with van der Waals surface area (Å²) < 4.78 is 44.6. The van der Waals surface area contributed by atoms with Gasteiger partial charge in [0.1, 0.15) is 6.61 Å². The van der Waals surface area contributed by atoms with Crippen molar-refractivity contribution in [3.63, 3.8) is 0 Å². The summed E-state index contributed by atoms with van der Waals surface area (Å²) in [5.41, 5.74) is 1.51. The summed E-state index contributed by atoms with van der Waals surface area (Å²) in [5.74, 6) is 0.483. The molecule has 2 aromatic rings. The van der Waals surface area contributed by atoms with Crippen molar-refractivity contribution >= 4 is 21.6 Å². The average molecular weight is 418 g/mol. The third-order valence-corrected chi connectivity index (χ3v) is 6.17. The minimum atomic E-state index is -3.78. The number of anilines is 1. The SMILES string of the molecule is Cc1ccc(NS(=O)(=O)c2ccc3c(c2)OC[C@@H](C(=O)N2CCOCC2)O3)cc1. The first kappa shape index (κ1) is 19.5. The van der Waals surface area contributed by atoms with Crippen molar-refractivity contribution in [2.24, 2.45) is 0 Å². The van der Waals surface area contributed by atoms with Crippen molar-refractivity contribution in [1.82, 2.24) is 4.90 Å². The molecule has 0 aliphatic carbocycles. The number of amides is 1. The standard InChI is InChI=1S/C20H22N2O6S/c1-14-2-4-15(5-3-14)21-29(24,25)16-6-7-17-18(12-16)27-13-19(28-17)20(23)22-8-10-26-11-9-22/h2-7,12,19,21H,8-11,13H2,1H3/t19-/m0/s1. The van der Waals surface area contributed by atoms with Crippen molar-refractivity contribution < 1.29 is 27.4 Å². The van der Waals surface area contributed by atoms with Gasteiger partial charge in [-0.1, -0.05) is 17.7 Å². The number of aryl methyl sites for hydroxylation is 1. The lowest BCUT2D eigenvalue weighted by atomic mass is 10.2. The molecule has 2 heterocycles. The monoisotopic (exact) mass is 418 g/mol. The van der Waals surface area contributed by atoms with Gasteiger partial charge in [-0.3, -0.25) is 9.52 Å². The molecule has 1 amide bonds. The summed E-state index contributed by atoms with van der Waals surface area (Å²) in [6, 6.07) is 11.4. The van der Waals surface area contributed by atoms with E-state index < -0.39 is 16.1 Å². The normalized spacial score (nSPS) is 18.9. The maximum absolute atomic E-state index is 12.7. The van der Waals surface area contributed by atoms with Gasteiger partial charge in [-0.25, -0.2) is 8.42 Å². The molecular weight excluding hydrogens is 396 g/mol. The summed E-state index contributed by atoms with van der Waals surface area (Å²) in [6.07, 6.45) is -0.756. The molecule has 2 aromatic carbocycles. The van der Waals surface area contributed by atoms with Gasteiger partial charge in [0.25, 0.3) is 15.9 Å². The molecule has 29 heavy (non-hydrogen) atoms. The molecule has 154 valence electrons. The van der Waals surface area contributed by atoms with E-state index in [1.165, 1.54) is 18.2 Å². The number of sulfonamides is 1. The summed E-state index contributed by atoms with van der Waals surface area (Å²) in [4.78, 5) is 14.3. The Morgan fingerprint density at radius 2 is 1.79 bits per heavy atom. The highest BCUT2D eigenvalue weighted by atomic mass is 32.2. The zero-order valence-corrected chi connectivity index (χ0v) is 16.8. The summed E-state index contributed by atoms with van der Waals surface area (Å²) in [5, 5.41) is 0. The third-order valence-electron chi connectivity index (χ3n) is 4.79. The molecule has 0 spiro atoms. The van der Waals surface area contributed by atoms with Gasteiger partial charge in [-0.05, 0) is 31.2 Å². The number of carbonyl (C=O) groups is 1. The van der Waals surface area contributed by atoms with Crippen LogP contribution in [0.15, 0.2) is 47.4 Å². The zero-order chi connectivity index (χ0) is 20.4. The zero-order valence-electron chi connectivity index (χ0n) is 16.0. The molecule has 0 bridgehead atoms. The van der Waals surface area contributed by atoms with Crippen molar-refractivity contribution in [3.8, 4) is 11.5 Å². The molecule has 1 saturated heterocycles. The molecule has 0 radical (unpaired) electrons. The highest BCUT2D eigenvalue weighted by molar-refractivity contribution is 7.92. The average Bonchev–Trinajstić information content (AvgIpc) is 2.74. The van der Waals surface area contributed by atoms with Crippen LogP contribution in [-0.2, 0) is 19.6 Å². The number of fused-ring (bicyclic) bond motifs is 1. The molecular formula is C20H22N2O6S. The van der Waals surface area contributed by atoms with Crippen LogP contribution in [0.3, 0.4) is 0 Å². The smallest absolute Gasteiger partial charge is 0.267 e. The molecule has 0 unspecified atom stereocenters. The van der Waals surface area contributed by atoms with E-state index in [0.29, 0.717) is 43.5 Å². The number of morpholine rings is 1. The largest absolute Gasteiger partial charge is 0.485 e. The molecule has 2 aliphatic heterocycles. The Morgan fingerprint density at radius 1 is 1.07 bits per heavy atom. The Bertz CT molecular complexity index is 1000. The van der Waals surface area contributed by atoms with Crippen molar-refractivity contribution in [3.05, 3.63) is 48.0 Å². The minimum Gasteiger partial charge on any atom is -0.485 e. The van der Waals surface area contributed by atoms with Gasteiger partial charge in [0.05, 0.1) is 18.1 Å². The lowest BCUT2D eigenvalue weighted by Gasteiger charge is -2.32. The van der Waals surface area contributed by atoms with E-state index in [0.717, 1.165) is 5.56 Å². The highest BCUT2D eigenvalue weighted by Crippen LogP contribution is 2.34. The predicted octanol–water partition coefficient (Wildman–Crippen LogP) is 1.79. The van der Waals surface area contributed by atoms with Gasteiger partial charge in [0.15, 0.2) is 11.5 Å². The van der Waals surface area contributed by atoms with Crippen LogP contribution in [0.5, 0.6) is 11.5 Å². The Morgan fingerprint density at radius 3 is 2.52 bits per heavy atom. The van der Waals surface area contributed by atoms with Crippen LogP contribution in [-0.4, -0.2) is 58.2 Å². The molecule has 4 rings (SSSR count). The molecule has 1 atom stereocenters. The molecule has 8 nitrogen and oxygen atoms in total. The molecule has 0 aromatic heterocycles. The van der Waals surface area contributed by atoms with Gasteiger partial charge < -0.3 is 19.1 Å². The lowest BCUT2D eigenvalue weighted by molar-refractivity contribution is -0.145. The van der Waals surface area contributed by atoms with Gasteiger partial charge >= 0.3 is 0 Å². The van der Waals surface area contributed by atoms with Crippen molar-refractivity contribution in [2.45, 2.75) is 17.9 Å². The maximum Gasteiger partial charge on any atom is 0.267 e. The van der Waals surface area contributed by atoms with E-state index in [-0.39, 0.29) is 17.4 Å². The van der Waals surface area contributed by atoms with Crippen LogP contribution >= 0.6 is 0 Å². The fourth-order valence-corrected chi connectivity index (χ4v) is 4.24. The molecule has 1 N–H and O–H groups in total. The Hall–Kier alpha value is -2.78. The number of nitrogens with one attached hydrogen (secondary N) is 1. The molecule has 2 aliphatic rings. The van der Waals surface area contributed by atoms with E-state index in [1.807, 2.05) is 19.1 Å². The first-order chi connectivity index (χ1) is 13.9. The number of rotatable bonds is 4. The van der Waals surface area contributed by atoms with Crippen molar-refractivity contribution in [1.29, 1.82) is 0 Å². The van der Waals surface area contributed by atoms with Crippen LogP contribution in [0.1, 0.15) is 5.56 Å². The number of hydrogen-bond acceptors (Lipinski definition) is 6. The van der Waals surface area contributed by atoms with Crippen LogP contribution in [0.25, 0.3) is 0 Å². The second kappa shape index (κ2) is 7.92. The summed E-state index contributed by atoms with van der Waals surface area (Å²) in [7, 11) is -3.78. The fourth-order valence-electron chi connectivity index (χ4n) is 3.16. The number of benzene rings is 2. The van der Waals surface area contributed by atoms with Crippen LogP contribution < -0.4 is 14.2 Å². The fraction of sp³-hybridized carbons (Fsp3) is 0.350. The van der Waals surface area contributed by atoms with Gasteiger partial charge in [0.2, 0.25) is 6.10 Å². The Kier molecular flexibility index (Phi) is 5.33. The number of nitrogens with zero attached hydrogens (tertiary/aromatic N) is 1. The summed E-state index contributed by atoms with van der Waals surface area (Å²) >= 11 is 0. The van der Waals surface area contributed by atoms with E-state index in [9.17, 15) is 13.2 Å². The van der Waals surface area contributed by atoms with Gasteiger partial charge in [-0.2, -0.15) is 0 Å². The third kappa shape index (κ3) is 4.30. The van der Waals surface area contributed by atoms with E-state index in [2.05, 4.69) is 4.72 Å². The topological polar surface area (TPSA) is 94.2 Å². The Labute approximate surface area is 169 Å². The van der Waals surface area contributed by atoms with E-state index in [1.54, 1.807) is 17.0 Å². The van der Waals surface area contributed by atoms with Gasteiger partial charge in [0, 0.05) is 24.8 Å². The number of carbonyl (C=O) groups excluding carboxylic acids is 1. The highest BCUT2D eigenvalue weighted by Gasteiger charge is 2.32. The molecule has 9 heteroatoms. The second-order valence-electron chi connectivity index (χ2n) is 6.94. The van der Waals surface area contributed by atoms with Crippen LogP contribution in [0, 0.1) is 6.92 Å². The van der Waals surface area contributed by atoms with Gasteiger partial charge in [-0.15, -0.1) is 0 Å². The maximum atomic E-state index is 12.7. The van der Waals surface area contributed by atoms with Crippen molar-refractivity contribution in [2.75, 3.05) is 37.6 Å². The number of ether oxygens (including phenoxy) is 3. The minimum absolute atomic E-state index is 0.0259. The predicted molar refractivity (Wildman–Crippen MR) is 106 cm³/mol. The van der Waals surface area contributed by atoms with Crippen LogP contribution in [0.4, 0.5) is 5.69 Å². The van der Waals surface area contributed by atoms with E-state index >= 15 is 0 Å². The number of hydrogen-bond donors (Lipinski definition) is 1. The summed E-state index contributed by atoms with van der Waals surface area (Å²) in [6.45, 7) is 4.01. The molecule has 0 saturated carbocycles. The molecule has 1 fully saturated rings. The van der Waals surface area contributed by atoms with E-state index in [4.69, 9.17) is 14.2 Å². The van der Waals surface area contributed by atoms with Crippen LogP contribution in [0.2, 0.25) is 0 Å². The lowest BCUT2D eigenvalue weighted by Crippen LogP contribution is -2.50. The first-order valence-corrected chi connectivity index (χ1v) is 10.8. The Balaban J connectivity index is 1.48.